The van der Waals surface area contributed by atoms with Gasteiger partial charge in [-0.3, -0.25) is 14.8 Å². The summed E-state index contributed by atoms with van der Waals surface area (Å²) in [5.41, 5.74) is 5.86. The highest BCUT2D eigenvalue weighted by atomic mass is 15.4. The SMILES string of the molecule is c1cncc(C2N3CCC4(CC3)c3[nH]c5ccccc5c3CCN24)c1. The summed E-state index contributed by atoms with van der Waals surface area (Å²) in [6.07, 6.45) is 7.89. The predicted octanol–water partition coefficient (Wildman–Crippen LogP) is 3.42. The van der Waals surface area contributed by atoms with Crippen LogP contribution in [-0.4, -0.2) is 39.4 Å². The highest BCUT2D eigenvalue weighted by Crippen LogP contribution is 2.53. The fourth-order valence-electron chi connectivity index (χ4n) is 5.60. The molecule has 7 rings (SSSR count). The standard InChI is InChI=1S/C21H22N4/c1-2-6-18-16(5-1)17-7-11-25-20(15-4-3-10-22-14-15)24-12-8-21(25,9-13-24)19(17)23-18/h1-6,10,14,20,23H,7-9,11-13H2. The van der Waals surface area contributed by atoms with Crippen molar-refractivity contribution in [1.82, 2.24) is 19.8 Å². The van der Waals surface area contributed by atoms with Crippen LogP contribution < -0.4 is 0 Å². The molecule has 1 spiro atoms. The van der Waals surface area contributed by atoms with E-state index in [0.29, 0.717) is 6.17 Å². The average molecular weight is 330 g/mol. The molecule has 3 saturated heterocycles. The number of benzene rings is 1. The highest BCUT2D eigenvalue weighted by molar-refractivity contribution is 5.85. The van der Waals surface area contributed by atoms with Crippen LogP contribution in [0.5, 0.6) is 0 Å². The number of hydrogen-bond donors (Lipinski definition) is 1. The van der Waals surface area contributed by atoms with Crippen LogP contribution >= 0.6 is 0 Å². The van der Waals surface area contributed by atoms with Crippen molar-refractivity contribution in [2.24, 2.45) is 0 Å². The van der Waals surface area contributed by atoms with Gasteiger partial charge in [0.15, 0.2) is 0 Å². The van der Waals surface area contributed by atoms with Crippen LogP contribution in [0.15, 0.2) is 48.8 Å². The smallest absolute Gasteiger partial charge is 0.0909 e. The molecule has 4 aliphatic rings. The summed E-state index contributed by atoms with van der Waals surface area (Å²) in [7, 11) is 0. The molecule has 1 unspecified atom stereocenters. The number of aromatic nitrogens is 2. The summed E-state index contributed by atoms with van der Waals surface area (Å²) < 4.78 is 0. The summed E-state index contributed by atoms with van der Waals surface area (Å²) in [5.74, 6) is 0. The van der Waals surface area contributed by atoms with Gasteiger partial charge < -0.3 is 4.98 Å². The number of aromatic amines is 1. The molecular formula is C21H22N4. The second-order valence-corrected chi connectivity index (χ2v) is 7.70. The summed E-state index contributed by atoms with van der Waals surface area (Å²) >= 11 is 0. The second-order valence-electron chi connectivity index (χ2n) is 7.70. The van der Waals surface area contributed by atoms with E-state index in [1.165, 1.54) is 48.1 Å². The van der Waals surface area contributed by atoms with E-state index >= 15 is 0 Å². The quantitative estimate of drug-likeness (QED) is 0.742. The third kappa shape index (κ3) is 1.76. The zero-order chi connectivity index (χ0) is 16.4. The maximum atomic E-state index is 4.40. The minimum Gasteiger partial charge on any atom is -0.357 e. The summed E-state index contributed by atoms with van der Waals surface area (Å²) in [6.45, 7) is 3.47. The minimum atomic E-state index is 0.169. The van der Waals surface area contributed by atoms with Crippen molar-refractivity contribution < 1.29 is 0 Å². The molecule has 25 heavy (non-hydrogen) atoms. The Balaban J connectivity index is 1.55. The van der Waals surface area contributed by atoms with E-state index in [1.54, 1.807) is 5.56 Å². The first-order valence-corrected chi connectivity index (χ1v) is 9.38. The Morgan fingerprint density at radius 1 is 1.04 bits per heavy atom. The third-order valence-electron chi connectivity index (χ3n) is 6.68. The molecule has 2 bridgehead atoms. The van der Waals surface area contributed by atoms with Crippen LogP contribution in [0.1, 0.15) is 35.8 Å². The van der Waals surface area contributed by atoms with Crippen molar-refractivity contribution in [3.05, 3.63) is 65.6 Å². The lowest BCUT2D eigenvalue weighted by atomic mass is 9.74. The Hall–Kier alpha value is -2.17. The van der Waals surface area contributed by atoms with Crippen molar-refractivity contribution >= 4 is 10.9 Å². The van der Waals surface area contributed by atoms with Gasteiger partial charge in [0.1, 0.15) is 0 Å². The maximum Gasteiger partial charge on any atom is 0.0909 e. The second kappa shape index (κ2) is 4.93. The van der Waals surface area contributed by atoms with E-state index in [2.05, 4.69) is 62.4 Å². The molecule has 1 N–H and O–H groups in total. The highest BCUT2D eigenvalue weighted by Gasteiger charge is 2.55. The van der Waals surface area contributed by atoms with Gasteiger partial charge in [-0.1, -0.05) is 24.3 Å². The molecular weight excluding hydrogens is 308 g/mol. The van der Waals surface area contributed by atoms with Crippen LogP contribution in [0.4, 0.5) is 0 Å². The van der Waals surface area contributed by atoms with Crippen LogP contribution in [0, 0.1) is 0 Å². The first-order valence-electron chi connectivity index (χ1n) is 9.38. The van der Waals surface area contributed by atoms with Gasteiger partial charge in [0.05, 0.1) is 11.7 Å². The van der Waals surface area contributed by atoms with Crippen LogP contribution in [0.3, 0.4) is 0 Å². The number of hydrogen-bond acceptors (Lipinski definition) is 3. The molecule has 3 fully saturated rings. The Kier molecular flexibility index (Phi) is 2.77. The molecule has 3 aromatic rings. The number of fused-ring (bicyclic) bond motifs is 5. The van der Waals surface area contributed by atoms with Crippen molar-refractivity contribution in [3.63, 3.8) is 0 Å². The van der Waals surface area contributed by atoms with Crippen molar-refractivity contribution in [2.45, 2.75) is 31.0 Å². The maximum absolute atomic E-state index is 4.40. The Labute approximate surface area is 147 Å². The molecule has 0 radical (unpaired) electrons. The largest absolute Gasteiger partial charge is 0.357 e. The van der Waals surface area contributed by atoms with Crippen LogP contribution in [-0.2, 0) is 12.0 Å². The third-order valence-corrected chi connectivity index (χ3v) is 6.68. The number of nitrogens with zero attached hydrogens (tertiary/aromatic N) is 3. The van der Waals surface area contributed by atoms with Gasteiger partial charge in [0.25, 0.3) is 0 Å². The first kappa shape index (κ1) is 14.0. The molecule has 4 heteroatoms. The van der Waals surface area contributed by atoms with Crippen molar-refractivity contribution in [2.75, 3.05) is 19.6 Å². The molecule has 1 atom stereocenters. The zero-order valence-corrected chi connectivity index (χ0v) is 14.3. The average Bonchev–Trinajstić information content (AvgIpc) is 3.08. The minimum absolute atomic E-state index is 0.169. The van der Waals surface area contributed by atoms with Gasteiger partial charge in [-0.15, -0.1) is 0 Å². The molecule has 1 aromatic carbocycles. The number of para-hydroxylation sites is 1. The van der Waals surface area contributed by atoms with Crippen LogP contribution in [0.25, 0.3) is 10.9 Å². The summed E-state index contributed by atoms with van der Waals surface area (Å²) in [4.78, 5) is 13.6. The molecule has 4 aliphatic heterocycles. The molecule has 2 aromatic heterocycles. The Morgan fingerprint density at radius 3 is 2.76 bits per heavy atom. The molecule has 4 nitrogen and oxygen atoms in total. The zero-order valence-electron chi connectivity index (χ0n) is 14.3. The molecule has 0 amide bonds. The van der Waals surface area contributed by atoms with Gasteiger partial charge in [0.2, 0.25) is 0 Å². The number of pyridine rings is 1. The summed E-state index contributed by atoms with van der Waals surface area (Å²) in [5, 5.41) is 1.43. The lowest BCUT2D eigenvalue weighted by Gasteiger charge is -2.62. The van der Waals surface area contributed by atoms with Crippen molar-refractivity contribution in [3.8, 4) is 0 Å². The van der Waals surface area contributed by atoms with Gasteiger partial charge >= 0.3 is 0 Å². The summed E-state index contributed by atoms with van der Waals surface area (Å²) in [6, 6.07) is 13.1. The van der Waals surface area contributed by atoms with E-state index in [9.17, 15) is 0 Å². The number of piperidine rings is 1. The Bertz CT molecular complexity index is 937. The van der Waals surface area contributed by atoms with E-state index in [0.717, 1.165) is 13.0 Å². The fourth-order valence-corrected chi connectivity index (χ4v) is 5.60. The van der Waals surface area contributed by atoms with E-state index < -0.39 is 0 Å². The first-order chi connectivity index (χ1) is 12.4. The van der Waals surface area contributed by atoms with Gasteiger partial charge in [-0.25, -0.2) is 0 Å². The topological polar surface area (TPSA) is 35.2 Å². The molecule has 0 saturated carbocycles. The molecule has 126 valence electrons. The lowest BCUT2D eigenvalue weighted by molar-refractivity contribution is -0.149. The lowest BCUT2D eigenvalue weighted by Crippen LogP contribution is -2.66. The predicted molar refractivity (Wildman–Crippen MR) is 98.2 cm³/mol. The van der Waals surface area contributed by atoms with E-state index in [-0.39, 0.29) is 5.54 Å². The number of H-pyrrole nitrogens is 1. The number of rotatable bonds is 1. The Morgan fingerprint density at radius 2 is 1.92 bits per heavy atom. The van der Waals surface area contributed by atoms with Crippen molar-refractivity contribution in [1.29, 1.82) is 0 Å². The normalized spacial score (nSPS) is 31.0. The van der Waals surface area contributed by atoms with Gasteiger partial charge in [0, 0.05) is 54.2 Å². The number of nitrogens with one attached hydrogen (secondary N) is 1. The fraction of sp³-hybridized carbons (Fsp3) is 0.381. The van der Waals surface area contributed by atoms with Gasteiger partial charge in [-0.05, 0) is 37.0 Å². The van der Waals surface area contributed by atoms with Crippen LogP contribution in [0.2, 0.25) is 0 Å². The monoisotopic (exact) mass is 330 g/mol. The molecule has 0 aliphatic carbocycles. The van der Waals surface area contributed by atoms with E-state index in [1.807, 2.05) is 6.20 Å². The van der Waals surface area contributed by atoms with Gasteiger partial charge in [-0.2, -0.15) is 0 Å². The molecule has 6 heterocycles. The van der Waals surface area contributed by atoms with E-state index in [4.69, 9.17) is 0 Å².